The lowest BCUT2D eigenvalue weighted by atomic mass is 10.0. The minimum atomic E-state index is -0.287. The van der Waals surface area contributed by atoms with Crippen LogP contribution in [0.25, 0.3) is 11.0 Å². The molecule has 0 aliphatic rings. The second kappa shape index (κ2) is 4.42. The number of amides is 1. The van der Waals surface area contributed by atoms with Gasteiger partial charge in [-0.3, -0.25) is 10.2 Å². The Hall–Kier alpha value is -2.08. The molecule has 4 N–H and O–H groups in total. The Balaban J connectivity index is 2.35. The highest BCUT2D eigenvalue weighted by molar-refractivity contribution is 5.84. The number of hydrazine groups is 1. The van der Waals surface area contributed by atoms with E-state index in [4.69, 9.17) is 0 Å². The zero-order valence-electron chi connectivity index (χ0n) is 9.63. The minimum absolute atomic E-state index is 0.121. The van der Waals surface area contributed by atoms with E-state index in [1.54, 1.807) is 26.1 Å². The number of hydrogen-bond acceptors (Lipinski definition) is 3. The second-order valence-corrected chi connectivity index (χ2v) is 3.85. The third-order valence-corrected chi connectivity index (χ3v) is 2.68. The van der Waals surface area contributed by atoms with Gasteiger partial charge in [-0.05, 0) is 24.6 Å². The zero-order chi connectivity index (χ0) is 12.4. The van der Waals surface area contributed by atoms with Crippen molar-refractivity contribution in [2.75, 3.05) is 7.05 Å². The molecule has 0 saturated carbocycles. The van der Waals surface area contributed by atoms with Crippen molar-refractivity contribution >= 4 is 16.9 Å². The lowest BCUT2D eigenvalue weighted by Crippen LogP contribution is -2.37. The molecule has 1 unspecified atom stereocenters. The van der Waals surface area contributed by atoms with Crippen molar-refractivity contribution < 1.29 is 4.79 Å². The first kappa shape index (κ1) is 11.4. The number of hydrogen-bond donors (Lipinski definition) is 4. The van der Waals surface area contributed by atoms with Crippen LogP contribution < -0.4 is 16.5 Å². The van der Waals surface area contributed by atoms with Crippen LogP contribution >= 0.6 is 0 Å². The van der Waals surface area contributed by atoms with E-state index in [1.807, 2.05) is 6.07 Å². The molecular weight excluding hydrogens is 220 g/mol. The van der Waals surface area contributed by atoms with E-state index in [-0.39, 0.29) is 17.5 Å². The molecule has 6 heteroatoms. The van der Waals surface area contributed by atoms with Crippen LogP contribution in [0, 0.1) is 0 Å². The van der Waals surface area contributed by atoms with E-state index in [0.717, 1.165) is 11.1 Å². The highest BCUT2D eigenvalue weighted by Crippen LogP contribution is 2.18. The van der Waals surface area contributed by atoms with Crippen molar-refractivity contribution in [3.63, 3.8) is 0 Å². The van der Waals surface area contributed by atoms with Crippen molar-refractivity contribution in [2.45, 2.75) is 12.8 Å². The first-order valence-corrected chi connectivity index (χ1v) is 5.30. The average molecular weight is 234 g/mol. The third-order valence-electron chi connectivity index (χ3n) is 2.68. The van der Waals surface area contributed by atoms with E-state index >= 15 is 0 Å². The number of H-pyrrole nitrogens is 2. The van der Waals surface area contributed by atoms with Gasteiger partial charge >= 0.3 is 5.69 Å². The first-order valence-electron chi connectivity index (χ1n) is 5.30. The maximum atomic E-state index is 11.6. The number of rotatable bonds is 3. The molecule has 1 aromatic heterocycles. The lowest BCUT2D eigenvalue weighted by molar-refractivity contribution is -0.123. The Morgan fingerprint density at radius 1 is 1.29 bits per heavy atom. The Morgan fingerprint density at radius 3 is 2.71 bits per heavy atom. The Labute approximate surface area is 97.4 Å². The molecule has 0 fully saturated rings. The summed E-state index contributed by atoms with van der Waals surface area (Å²) < 4.78 is 0. The van der Waals surface area contributed by atoms with Crippen LogP contribution in [0.3, 0.4) is 0 Å². The van der Waals surface area contributed by atoms with Gasteiger partial charge in [-0.15, -0.1) is 0 Å². The number of carbonyl (C=O) groups is 1. The Bertz CT molecular complexity index is 599. The highest BCUT2D eigenvalue weighted by Gasteiger charge is 2.15. The molecule has 0 bridgehead atoms. The Morgan fingerprint density at radius 2 is 2.00 bits per heavy atom. The molecule has 6 nitrogen and oxygen atoms in total. The fourth-order valence-electron chi connectivity index (χ4n) is 1.70. The summed E-state index contributed by atoms with van der Waals surface area (Å²) in [5, 5.41) is 0. The number of carbonyl (C=O) groups excluding carboxylic acids is 1. The molecule has 0 saturated heterocycles. The smallest absolute Gasteiger partial charge is 0.306 e. The van der Waals surface area contributed by atoms with Crippen molar-refractivity contribution in [1.82, 2.24) is 20.8 Å². The van der Waals surface area contributed by atoms with Gasteiger partial charge in [0.15, 0.2) is 0 Å². The number of fused-ring (bicyclic) bond motifs is 1. The van der Waals surface area contributed by atoms with E-state index in [0.29, 0.717) is 5.52 Å². The first-order chi connectivity index (χ1) is 8.11. The van der Waals surface area contributed by atoms with Gasteiger partial charge in [0.25, 0.3) is 0 Å². The molecule has 1 aromatic carbocycles. The molecule has 17 heavy (non-hydrogen) atoms. The van der Waals surface area contributed by atoms with Crippen molar-refractivity contribution in [1.29, 1.82) is 0 Å². The Kier molecular flexibility index (Phi) is 2.97. The summed E-state index contributed by atoms with van der Waals surface area (Å²) in [4.78, 5) is 28.1. The van der Waals surface area contributed by atoms with Gasteiger partial charge < -0.3 is 9.97 Å². The predicted octanol–water partition coefficient (Wildman–Crippen LogP) is 0.210. The zero-order valence-corrected chi connectivity index (χ0v) is 9.63. The van der Waals surface area contributed by atoms with Gasteiger partial charge in [-0.1, -0.05) is 6.07 Å². The molecule has 2 aromatic rings. The molecular formula is C11H14N4O2. The van der Waals surface area contributed by atoms with Crippen LogP contribution in [0.5, 0.6) is 0 Å². The maximum absolute atomic E-state index is 11.6. The third kappa shape index (κ3) is 2.21. The number of aromatic amines is 2. The molecule has 1 heterocycles. The van der Waals surface area contributed by atoms with Gasteiger partial charge in [-0.2, -0.15) is 0 Å². The van der Waals surface area contributed by atoms with Crippen LogP contribution in [-0.4, -0.2) is 22.9 Å². The quantitative estimate of drug-likeness (QED) is 0.572. The predicted molar refractivity (Wildman–Crippen MR) is 64.5 cm³/mol. The van der Waals surface area contributed by atoms with Crippen LogP contribution in [0.4, 0.5) is 0 Å². The summed E-state index contributed by atoms with van der Waals surface area (Å²) >= 11 is 0. The average Bonchev–Trinajstić information content (AvgIpc) is 2.67. The number of aromatic nitrogens is 2. The lowest BCUT2D eigenvalue weighted by Gasteiger charge is -2.11. The molecule has 1 atom stereocenters. The number of nitrogens with one attached hydrogen (secondary N) is 4. The largest absolute Gasteiger partial charge is 0.323 e. The molecule has 0 radical (unpaired) electrons. The second-order valence-electron chi connectivity index (χ2n) is 3.85. The SMILES string of the molecule is CNNC(=O)C(C)c1ccc2[nH]c(=O)[nH]c2c1. The van der Waals surface area contributed by atoms with E-state index < -0.39 is 0 Å². The highest BCUT2D eigenvalue weighted by atomic mass is 16.2. The van der Waals surface area contributed by atoms with E-state index in [1.165, 1.54) is 0 Å². The molecule has 0 aliphatic carbocycles. The normalized spacial score (nSPS) is 12.6. The van der Waals surface area contributed by atoms with E-state index in [2.05, 4.69) is 20.8 Å². The minimum Gasteiger partial charge on any atom is -0.306 e. The summed E-state index contributed by atoms with van der Waals surface area (Å²) in [5.74, 6) is -0.407. The fraction of sp³-hybridized carbons (Fsp3) is 0.273. The topological polar surface area (TPSA) is 89.8 Å². The van der Waals surface area contributed by atoms with E-state index in [9.17, 15) is 9.59 Å². The summed E-state index contributed by atoms with van der Waals surface area (Å²) in [6.45, 7) is 1.80. The summed E-state index contributed by atoms with van der Waals surface area (Å²) in [6.07, 6.45) is 0. The van der Waals surface area contributed by atoms with Crippen molar-refractivity contribution in [3.8, 4) is 0 Å². The maximum Gasteiger partial charge on any atom is 0.323 e. The van der Waals surface area contributed by atoms with Gasteiger partial charge in [0.1, 0.15) is 0 Å². The molecule has 1 amide bonds. The monoisotopic (exact) mass is 234 g/mol. The summed E-state index contributed by atoms with van der Waals surface area (Å²) in [5.41, 5.74) is 7.17. The summed E-state index contributed by atoms with van der Waals surface area (Å²) in [7, 11) is 1.64. The standard InChI is InChI=1S/C11H14N4O2/c1-6(10(16)15-12-2)7-3-4-8-9(5-7)14-11(17)13-8/h3-6,12H,1-2H3,(H,15,16)(H2,13,14,17). The molecule has 90 valence electrons. The van der Waals surface area contributed by atoms with Crippen LogP contribution in [0.15, 0.2) is 23.0 Å². The van der Waals surface area contributed by atoms with Crippen LogP contribution in [0.1, 0.15) is 18.4 Å². The fourth-order valence-corrected chi connectivity index (χ4v) is 1.70. The van der Waals surface area contributed by atoms with Crippen molar-refractivity contribution in [3.05, 3.63) is 34.2 Å². The van der Waals surface area contributed by atoms with Gasteiger partial charge in [0.05, 0.1) is 17.0 Å². The summed E-state index contributed by atoms with van der Waals surface area (Å²) in [6, 6.07) is 5.41. The van der Waals surface area contributed by atoms with Gasteiger partial charge in [0, 0.05) is 7.05 Å². The molecule has 0 spiro atoms. The van der Waals surface area contributed by atoms with Gasteiger partial charge in [-0.25, -0.2) is 10.2 Å². The van der Waals surface area contributed by atoms with Crippen molar-refractivity contribution in [2.24, 2.45) is 0 Å². The molecule has 0 aliphatic heterocycles. The number of imidazole rings is 1. The number of benzene rings is 1. The van der Waals surface area contributed by atoms with Gasteiger partial charge in [0.2, 0.25) is 5.91 Å². The van der Waals surface area contributed by atoms with Crippen LogP contribution in [0.2, 0.25) is 0 Å². The molecule has 2 rings (SSSR count). The van der Waals surface area contributed by atoms with Crippen LogP contribution in [-0.2, 0) is 4.79 Å².